The Morgan fingerprint density at radius 2 is 1.94 bits per heavy atom. The van der Waals surface area contributed by atoms with Crippen molar-refractivity contribution >= 4 is 23.0 Å². The third-order valence-electron chi connectivity index (χ3n) is 2.93. The molecule has 3 heteroatoms. The zero-order chi connectivity index (χ0) is 12.5. The number of halogens is 1. The van der Waals surface area contributed by atoms with Gasteiger partial charge >= 0.3 is 0 Å². The number of nitrogens with zero attached hydrogens (tertiary/aromatic N) is 1. The van der Waals surface area contributed by atoms with Crippen LogP contribution in [0.2, 0.25) is 5.02 Å². The lowest BCUT2D eigenvalue weighted by Gasteiger charge is -2.09. The van der Waals surface area contributed by atoms with Crippen LogP contribution in [-0.4, -0.2) is 5.71 Å². The summed E-state index contributed by atoms with van der Waals surface area (Å²) in [5, 5.41) is 0.699. The molecular weight excluding hydrogens is 246 g/mol. The predicted molar refractivity (Wildman–Crippen MR) is 74.5 cm³/mol. The fourth-order valence-electron chi connectivity index (χ4n) is 2.05. The quantitative estimate of drug-likeness (QED) is 0.706. The van der Waals surface area contributed by atoms with Gasteiger partial charge in [-0.25, -0.2) is 4.99 Å². The monoisotopic (exact) mass is 257 g/mol. The average Bonchev–Trinajstić information content (AvgIpc) is 2.54. The Hall–Kier alpha value is -1.80. The number of hydrogen-bond donors (Lipinski definition) is 0. The van der Waals surface area contributed by atoms with Crippen LogP contribution >= 0.6 is 11.6 Å². The molecule has 0 bridgehead atoms. The van der Waals surface area contributed by atoms with E-state index in [1.54, 1.807) is 0 Å². The zero-order valence-electron chi connectivity index (χ0n) is 9.98. The molecule has 1 aliphatic rings. The molecule has 0 amide bonds. The van der Waals surface area contributed by atoms with Crippen LogP contribution in [0.15, 0.2) is 47.5 Å². The molecule has 18 heavy (non-hydrogen) atoms. The van der Waals surface area contributed by atoms with Crippen molar-refractivity contribution < 1.29 is 4.74 Å². The number of ether oxygens (including phenoxy) is 1. The summed E-state index contributed by atoms with van der Waals surface area (Å²) in [6.07, 6.45) is 0.838. The van der Waals surface area contributed by atoms with Crippen LogP contribution in [0.1, 0.15) is 18.9 Å². The summed E-state index contributed by atoms with van der Waals surface area (Å²) in [5.74, 6) is 1.59. The fourth-order valence-corrected chi connectivity index (χ4v) is 2.22. The summed E-state index contributed by atoms with van der Waals surface area (Å²) < 4.78 is 5.92. The van der Waals surface area contributed by atoms with Crippen molar-refractivity contribution in [2.24, 2.45) is 4.99 Å². The molecule has 0 atom stereocenters. The van der Waals surface area contributed by atoms with E-state index in [0.717, 1.165) is 34.9 Å². The van der Waals surface area contributed by atoms with Gasteiger partial charge < -0.3 is 4.74 Å². The van der Waals surface area contributed by atoms with Gasteiger partial charge in [0.2, 0.25) is 0 Å². The molecule has 2 aromatic rings. The summed E-state index contributed by atoms with van der Waals surface area (Å²) in [5.41, 5.74) is 2.83. The molecule has 1 heterocycles. The van der Waals surface area contributed by atoms with Crippen molar-refractivity contribution in [2.45, 2.75) is 13.3 Å². The molecule has 0 fully saturated rings. The van der Waals surface area contributed by atoms with Crippen molar-refractivity contribution in [3.63, 3.8) is 0 Å². The molecule has 0 saturated heterocycles. The lowest BCUT2D eigenvalue weighted by molar-refractivity contribution is 0.485. The van der Waals surface area contributed by atoms with Crippen molar-refractivity contribution in [3.05, 3.63) is 53.1 Å². The Balaban J connectivity index is 2.24. The van der Waals surface area contributed by atoms with Crippen LogP contribution in [0.3, 0.4) is 0 Å². The van der Waals surface area contributed by atoms with E-state index in [-0.39, 0.29) is 0 Å². The van der Waals surface area contributed by atoms with Crippen LogP contribution in [0.5, 0.6) is 11.5 Å². The van der Waals surface area contributed by atoms with Crippen molar-refractivity contribution in [3.8, 4) is 11.5 Å². The molecule has 0 aromatic heterocycles. The predicted octanol–water partition coefficient (Wildman–Crippen LogP) is 4.98. The Kier molecular flexibility index (Phi) is 2.80. The van der Waals surface area contributed by atoms with Gasteiger partial charge in [0.25, 0.3) is 0 Å². The van der Waals surface area contributed by atoms with Crippen molar-refractivity contribution in [1.82, 2.24) is 0 Å². The molecule has 0 unspecified atom stereocenters. The first-order valence-electron chi connectivity index (χ1n) is 5.92. The van der Waals surface area contributed by atoms with Gasteiger partial charge in [0.05, 0.1) is 5.71 Å². The highest BCUT2D eigenvalue weighted by Crippen LogP contribution is 2.38. The van der Waals surface area contributed by atoms with Crippen LogP contribution in [0.4, 0.5) is 5.69 Å². The normalized spacial score (nSPS) is 12.9. The van der Waals surface area contributed by atoms with Gasteiger partial charge in [-0.3, -0.25) is 0 Å². The lowest BCUT2D eigenvalue weighted by atomic mass is 10.1. The molecule has 0 N–H and O–H groups in total. The molecular formula is C15H12ClNO. The Labute approximate surface area is 111 Å². The minimum atomic E-state index is 0.699. The number of hydrogen-bond acceptors (Lipinski definition) is 2. The third kappa shape index (κ3) is 1.89. The van der Waals surface area contributed by atoms with Gasteiger partial charge in [-0.05, 0) is 36.8 Å². The molecule has 0 spiro atoms. The zero-order valence-corrected chi connectivity index (χ0v) is 10.7. The molecule has 0 radical (unpaired) electrons. The number of aliphatic imine (C=N–C) groups is 1. The number of para-hydroxylation sites is 2. The Morgan fingerprint density at radius 1 is 1.11 bits per heavy atom. The summed E-state index contributed by atoms with van der Waals surface area (Å²) in [6.45, 7) is 2.08. The van der Waals surface area contributed by atoms with E-state index < -0.39 is 0 Å². The van der Waals surface area contributed by atoms with E-state index in [2.05, 4.69) is 11.9 Å². The molecule has 2 aromatic carbocycles. The summed E-state index contributed by atoms with van der Waals surface area (Å²) in [7, 11) is 0. The van der Waals surface area contributed by atoms with E-state index in [1.807, 2.05) is 42.5 Å². The second-order valence-corrected chi connectivity index (χ2v) is 4.56. The number of rotatable bonds is 1. The SMILES string of the molecule is CCC1=Nc2ccccc2Oc2ccc(Cl)cc21. The minimum Gasteiger partial charge on any atom is -0.454 e. The minimum absolute atomic E-state index is 0.699. The van der Waals surface area contributed by atoms with Gasteiger partial charge in [-0.2, -0.15) is 0 Å². The van der Waals surface area contributed by atoms with Crippen LogP contribution in [0, 0.1) is 0 Å². The second kappa shape index (κ2) is 4.46. The van der Waals surface area contributed by atoms with Gasteiger partial charge in [-0.15, -0.1) is 0 Å². The molecule has 0 saturated carbocycles. The van der Waals surface area contributed by atoms with E-state index >= 15 is 0 Å². The van der Waals surface area contributed by atoms with Gasteiger partial charge in [0.1, 0.15) is 11.4 Å². The van der Waals surface area contributed by atoms with Gasteiger partial charge in [0, 0.05) is 10.6 Å². The first-order chi connectivity index (χ1) is 8.78. The first kappa shape index (κ1) is 11.3. The largest absolute Gasteiger partial charge is 0.454 e. The standard InChI is InChI=1S/C15H12ClNO/c1-2-12-11-9-10(16)7-8-14(11)18-15-6-4-3-5-13(15)17-12/h3-9H,2H2,1H3. The third-order valence-corrected chi connectivity index (χ3v) is 3.16. The Morgan fingerprint density at radius 3 is 2.78 bits per heavy atom. The van der Waals surface area contributed by atoms with Crippen LogP contribution in [0.25, 0.3) is 0 Å². The number of benzene rings is 2. The summed E-state index contributed by atoms with van der Waals surface area (Å²) >= 11 is 6.05. The maximum atomic E-state index is 6.05. The molecule has 3 rings (SSSR count). The Bertz CT molecular complexity index is 634. The molecule has 90 valence electrons. The highest BCUT2D eigenvalue weighted by Gasteiger charge is 2.16. The lowest BCUT2D eigenvalue weighted by Crippen LogP contribution is -1.99. The topological polar surface area (TPSA) is 21.6 Å². The van der Waals surface area contributed by atoms with Gasteiger partial charge in [-0.1, -0.05) is 30.7 Å². The van der Waals surface area contributed by atoms with Crippen LogP contribution < -0.4 is 4.74 Å². The van der Waals surface area contributed by atoms with Crippen molar-refractivity contribution in [2.75, 3.05) is 0 Å². The molecule has 1 aliphatic heterocycles. The van der Waals surface area contributed by atoms with Crippen molar-refractivity contribution in [1.29, 1.82) is 0 Å². The smallest absolute Gasteiger partial charge is 0.153 e. The summed E-state index contributed by atoms with van der Waals surface area (Å²) in [6, 6.07) is 13.4. The maximum Gasteiger partial charge on any atom is 0.153 e. The average molecular weight is 258 g/mol. The first-order valence-corrected chi connectivity index (χ1v) is 6.30. The fraction of sp³-hybridized carbons (Fsp3) is 0.133. The second-order valence-electron chi connectivity index (χ2n) is 4.12. The van der Waals surface area contributed by atoms with Gasteiger partial charge in [0.15, 0.2) is 5.75 Å². The molecule has 2 nitrogen and oxygen atoms in total. The summed E-state index contributed by atoms with van der Waals surface area (Å²) in [4.78, 5) is 4.67. The van der Waals surface area contributed by atoms with E-state index in [1.165, 1.54) is 0 Å². The van der Waals surface area contributed by atoms with E-state index in [0.29, 0.717) is 5.02 Å². The molecule has 0 aliphatic carbocycles. The number of fused-ring (bicyclic) bond motifs is 2. The highest BCUT2D eigenvalue weighted by molar-refractivity contribution is 6.31. The maximum absolute atomic E-state index is 6.05. The highest BCUT2D eigenvalue weighted by atomic mass is 35.5. The van der Waals surface area contributed by atoms with E-state index in [4.69, 9.17) is 16.3 Å². The van der Waals surface area contributed by atoms with E-state index in [9.17, 15) is 0 Å². The van der Waals surface area contributed by atoms with Crippen LogP contribution in [-0.2, 0) is 0 Å².